The van der Waals surface area contributed by atoms with Gasteiger partial charge in [0.15, 0.2) is 5.82 Å². The number of piperidine rings is 2. The molecule has 2 N–H and O–H groups in total. The zero-order chi connectivity index (χ0) is 20.7. The van der Waals surface area contributed by atoms with E-state index in [0.717, 1.165) is 63.4 Å². The van der Waals surface area contributed by atoms with Crippen molar-refractivity contribution >= 4 is 18.1 Å². The molecule has 5 rings (SSSR count). The molecule has 0 unspecified atom stereocenters. The molecule has 0 amide bonds. The van der Waals surface area contributed by atoms with Crippen LogP contribution in [-0.2, 0) is 0 Å². The molecule has 2 fully saturated rings. The Hall–Kier alpha value is -2.23. The molecule has 0 saturated carbocycles. The van der Waals surface area contributed by atoms with Crippen LogP contribution in [0.2, 0.25) is 0 Å². The first-order chi connectivity index (χ1) is 14.6. The van der Waals surface area contributed by atoms with E-state index in [2.05, 4.69) is 44.3 Å². The van der Waals surface area contributed by atoms with E-state index in [9.17, 15) is 4.79 Å². The lowest BCUT2D eigenvalue weighted by Crippen LogP contribution is -2.38. The van der Waals surface area contributed by atoms with Crippen LogP contribution in [0.15, 0.2) is 21.6 Å². The predicted octanol–water partition coefficient (Wildman–Crippen LogP) is 2.55. The Morgan fingerprint density at radius 3 is 2.58 bits per heavy atom. The molecule has 0 spiro atoms. The van der Waals surface area contributed by atoms with Crippen LogP contribution in [0.25, 0.3) is 17.1 Å². The van der Waals surface area contributed by atoms with Crippen LogP contribution >= 0.6 is 12.4 Å². The molecule has 0 bridgehead atoms. The Morgan fingerprint density at radius 2 is 1.87 bits per heavy atom. The maximum absolute atomic E-state index is 12.4. The second kappa shape index (κ2) is 9.10. The molecule has 0 atom stereocenters. The number of hydrogen-bond acceptors (Lipinski definition) is 7. The zero-order valence-electron chi connectivity index (χ0n) is 18.0. The summed E-state index contributed by atoms with van der Waals surface area (Å²) >= 11 is 0. The van der Waals surface area contributed by atoms with Crippen LogP contribution in [0.1, 0.15) is 62.9 Å². The average Bonchev–Trinajstić information content (AvgIpc) is 3.41. The number of fused-ring (bicyclic) bond motifs is 1. The molecular formula is C21H30ClN7O2. The zero-order valence-corrected chi connectivity index (χ0v) is 18.8. The topological polar surface area (TPSA) is 104 Å². The van der Waals surface area contributed by atoms with Crippen molar-refractivity contribution in [1.29, 1.82) is 0 Å². The van der Waals surface area contributed by atoms with Crippen LogP contribution in [-0.4, -0.2) is 61.9 Å². The van der Waals surface area contributed by atoms with Crippen molar-refractivity contribution < 1.29 is 4.52 Å². The number of halogens is 1. The molecule has 2 aliphatic heterocycles. The number of likely N-dealkylation sites (tertiary alicyclic amines) is 1. The van der Waals surface area contributed by atoms with E-state index in [1.165, 1.54) is 0 Å². The first-order valence-electron chi connectivity index (χ1n) is 11.0. The van der Waals surface area contributed by atoms with Gasteiger partial charge in [0, 0.05) is 23.9 Å². The SMILES string of the molecule is CC(C)N1CCC(c2noc(-c3cnn4c(C5CCNCC5)cc(=O)[nH]c34)n2)CC1.Cl. The van der Waals surface area contributed by atoms with Gasteiger partial charge in [-0.2, -0.15) is 10.1 Å². The molecule has 9 nitrogen and oxygen atoms in total. The summed E-state index contributed by atoms with van der Waals surface area (Å²) in [7, 11) is 0. The normalized spacial score (nSPS) is 19.2. The molecule has 0 radical (unpaired) electrons. The van der Waals surface area contributed by atoms with Gasteiger partial charge >= 0.3 is 0 Å². The van der Waals surface area contributed by atoms with Gasteiger partial charge in [-0.1, -0.05) is 5.16 Å². The Kier molecular flexibility index (Phi) is 6.45. The standard InChI is InChI=1S/C21H29N7O2.ClH/c1-13(2)27-9-5-15(6-10-27)19-25-21(30-26-19)16-12-23-28-17(11-18(29)24-20(16)28)14-3-7-22-8-4-14;/h11-15,22H,3-10H2,1-2H3,(H,24,29);1H. The van der Waals surface area contributed by atoms with Gasteiger partial charge < -0.3 is 19.7 Å². The van der Waals surface area contributed by atoms with Gasteiger partial charge in [-0.05, 0) is 65.7 Å². The van der Waals surface area contributed by atoms with Gasteiger partial charge in [-0.25, -0.2) is 4.52 Å². The highest BCUT2D eigenvalue weighted by Crippen LogP contribution is 2.31. The smallest absolute Gasteiger partial charge is 0.263 e. The van der Waals surface area contributed by atoms with Crippen LogP contribution < -0.4 is 10.9 Å². The summed E-state index contributed by atoms with van der Waals surface area (Å²) in [4.78, 5) is 22.5. The fourth-order valence-corrected chi connectivity index (χ4v) is 4.76. The number of H-pyrrole nitrogens is 1. The molecule has 0 aliphatic carbocycles. The largest absolute Gasteiger partial charge is 0.334 e. The Bertz CT molecular complexity index is 1080. The highest BCUT2D eigenvalue weighted by Gasteiger charge is 2.27. The Morgan fingerprint density at radius 1 is 1.13 bits per heavy atom. The minimum absolute atomic E-state index is 0. The minimum Gasteiger partial charge on any atom is -0.334 e. The van der Waals surface area contributed by atoms with Crippen molar-refractivity contribution in [3.8, 4) is 11.5 Å². The summed E-state index contributed by atoms with van der Waals surface area (Å²) in [5.74, 6) is 1.80. The average molecular weight is 448 g/mol. The predicted molar refractivity (Wildman–Crippen MR) is 120 cm³/mol. The van der Waals surface area contributed by atoms with E-state index in [0.29, 0.717) is 35.0 Å². The van der Waals surface area contributed by atoms with E-state index >= 15 is 0 Å². The lowest BCUT2D eigenvalue weighted by molar-refractivity contribution is 0.168. The number of aromatic amines is 1. The summed E-state index contributed by atoms with van der Waals surface area (Å²) in [6.45, 7) is 8.48. The number of nitrogens with zero attached hydrogens (tertiary/aromatic N) is 5. The van der Waals surface area contributed by atoms with Crippen molar-refractivity contribution in [3.63, 3.8) is 0 Å². The molecule has 5 heterocycles. The Balaban J connectivity index is 0.00000231. The van der Waals surface area contributed by atoms with Crippen molar-refractivity contribution in [2.45, 2.75) is 57.4 Å². The molecular weight excluding hydrogens is 418 g/mol. The summed E-state index contributed by atoms with van der Waals surface area (Å²) in [6.07, 6.45) is 5.76. The third-order valence-corrected chi connectivity index (χ3v) is 6.59. The summed E-state index contributed by atoms with van der Waals surface area (Å²) in [6, 6.07) is 2.23. The highest BCUT2D eigenvalue weighted by atomic mass is 35.5. The maximum Gasteiger partial charge on any atom is 0.263 e. The summed E-state index contributed by atoms with van der Waals surface area (Å²) in [5, 5.41) is 12.2. The molecule has 168 valence electrons. The number of hydrogen-bond donors (Lipinski definition) is 2. The minimum atomic E-state index is -0.126. The van der Waals surface area contributed by atoms with Gasteiger partial charge in [0.2, 0.25) is 0 Å². The van der Waals surface area contributed by atoms with Crippen molar-refractivity contribution in [2.24, 2.45) is 0 Å². The molecule has 0 aromatic carbocycles. The second-order valence-corrected chi connectivity index (χ2v) is 8.76. The summed E-state index contributed by atoms with van der Waals surface area (Å²) < 4.78 is 7.44. The van der Waals surface area contributed by atoms with E-state index in [1.807, 2.05) is 4.52 Å². The van der Waals surface area contributed by atoms with E-state index in [-0.39, 0.29) is 18.0 Å². The van der Waals surface area contributed by atoms with Gasteiger partial charge in [-0.15, -0.1) is 12.4 Å². The fourth-order valence-electron chi connectivity index (χ4n) is 4.76. The quantitative estimate of drug-likeness (QED) is 0.633. The number of nitrogens with one attached hydrogen (secondary N) is 2. The van der Waals surface area contributed by atoms with Crippen LogP contribution in [0.5, 0.6) is 0 Å². The van der Waals surface area contributed by atoms with E-state index in [4.69, 9.17) is 4.52 Å². The maximum atomic E-state index is 12.4. The lowest BCUT2D eigenvalue weighted by Gasteiger charge is -2.33. The fraction of sp³-hybridized carbons (Fsp3) is 0.619. The first kappa shape index (κ1) is 22.0. The molecule has 2 aliphatic rings. The Labute approximate surface area is 187 Å². The number of aromatic nitrogens is 5. The van der Waals surface area contributed by atoms with Crippen LogP contribution in [0.3, 0.4) is 0 Å². The van der Waals surface area contributed by atoms with Crippen LogP contribution in [0.4, 0.5) is 0 Å². The third kappa shape index (κ3) is 4.26. The van der Waals surface area contributed by atoms with E-state index in [1.54, 1.807) is 12.3 Å². The van der Waals surface area contributed by atoms with Crippen molar-refractivity contribution in [3.05, 3.63) is 34.1 Å². The molecule has 31 heavy (non-hydrogen) atoms. The number of rotatable bonds is 4. The lowest BCUT2D eigenvalue weighted by atomic mass is 9.94. The highest BCUT2D eigenvalue weighted by molar-refractivity contribution is 5.85. The van der Waals surface area contributed by atoms with Gasteiger partial charge in [0.25, 0.3) is 11.4 Å². The van der Waals surface area contributed by atoms with E-state index < -0.39 is 0 Å². The summed E-state index contributed by atoms with van der Waals surface area (Å²) in [5.41, 5.74) is 2.13. The van der Waals surface area contributed by atoms with Crippen molar-refractivity contribution in [1.82, 2.24) is 35.0 Å². The monoisotopic (exact) mass is 447 g/mol. The van der Waals surface area contributed by atoms with Crippen molar-refractivity contribution in [2.75, 3.05) is 26.2 Å². The molecule has 10 heteroatoms. The molecule has 3 aromatic heterocycles. The van der Waals surface area contributed by atoms with Crippen LogP contribution in [0, 0.1) is 0 Å². The van der Waals surface area contributed by atoms with Gasteiger partial charge in [0.1, 0.15) is 11.2 Å². The third-order valence-electron chi connectivity index (χ3n) is 6.59. The first-order valence-corrected chi connectivity index (χ1v) is 11.0. The molecule has 2 saturated heterocycles. The van der Waals surface area contributed by atoms with Gasteiger partial charge in [0.05, 0.1) is 11.9 Å². The second-order valence-electron chi connectivity index (χ2n) is 8.76. The molecule has 3 aromatic rings. The van der Waals surface area contributed by atoms with Gasteiger partial charge in [-0.3, -0.25) is 4.79 Å².